The number of nitrogens with zero attached hydrogens (tertiary/aromatic N) is 1. The molecule has 1 aliphatic heterocycles. The lowest BCUT2D eigenvalue weighted by molar-refractivity contribution is -0.165. The van der Waals surface area contributed by atoms with Gasteiger partial charge in [-0.05, 0) is 29.7 Å². The summed E-state index contributed by atoms with van der Waals surface area (Å²) >= 11 is 0. The Morgan fingerprint density at radius 2 is 2.09 bits per heavy atom. The molecule has 0 bridgehead atoms. The first-order valence-corrected chi connectivity index (χ1v) is 6.92. The van der Waals surface area contributed by atoms with Crippen molar-refractivity contribution in [3.63, 3.8) is 0 Å². The molecule has 1 aromatic carbocycles. The molecule has 126 valence electrons. The number of carbonyl (C=O) groups is 2. The molecule has 0 spiro atoms. The first kappa shape index (κ1) is 17.1. The molecule has 2 rings (SSSR count). The van der Waals surface area contributed by atoms with Crippen LogP contribution < -0.4 is 4.74 Å². The molecule has 5 nitrogen and oxygen atoms in total. The number of amides is 1. The maximum Gasteiger partial charge on any atom is 0.406 e. The van der Waals surface area contributed by atoms with Gasteiger partial charge >= 0.3 is 12.1 Å². The molecule has 0 fully saturated rings. The molecule has 1 aliphatic rings. The standard InChI is InChI=1S/C15H16F3NO4/c1-23-12-3-2-9-4-10(6-13(20)21)14(22)19(7-11(9)5-12)8-15(16,17)18/h2-3,5,10H,4,6-8H2,1H3,(H,20,21). The van der Waals surface area contributed by atoms with E-state index in [1.807, 2.05) is 0 Å². The average molecular weight is 331 g/mol. The molecule has 1 unspecified atom stereocenters. The number of methoxy groups -OCH3 is 1. The van der Waals surface area contributed by atoms with Crippen LogP contribution in [0.2, 0.25) is 0 Å². The van der Waals surface area contributed by atoms with Crippen LogP contribution in [0.15, 0.2) is 18.2 Å². The molecule has 0 aliphatic carbocycles. The zero-order valence-corrected chi connectivity index (χ0v) is 12.4. The summed E-state index contributed by atoms with van der Waals surface area (Å²) in [6.45, 7) is -1.63. The number of halogens is 3. The quantitative estimate of drug-likeness (QED) is 0.919. The third kappa shape index (κ3) is 4.37. The number of carbonyl (C=O) groups excluding carboxylic acids is 1. The smallest absolute Gasteiger partial charge is 0.406 e. The number of ether oxygens (including phenoxy) is 1. The highest BCUT2D eigenvalue weighted by atomic mass is 19.4. The van der Waals surface area contributed by atoms with Crippen molar-refractivity contribution in [3.05, 3.63) is 29.3 Å². The summed E-state index contributed by atoms with van der Waals surface area (Å²) in [6, 6.07) is 4.88. The number of hydrogen-bond donors (Lipinski definition) is 1. The van der Waals surface area contributed by atoms with Crippen molar-refractivity contribution >= 4 is 11.9 Å². The summed E-state index contributed by atoms with van der Waals surface area (Å²) in [5.41, 5.74) is 1.20. The van der Waals surface area contributed by atoms with Gasteiger partial charge in [0.2, 0.25) is 5.91 Å². The Hall–Kier alpha value is -2.25. The van der Waals surface area contributed by atoms with Crippen LogP contribution in [0.3, 0.4) is 0 Å². The highest BCUT2D eigenvalue weighted by molar-refractivity contribution is 5.84. The van der Waals surface area contributed by atoms with Crippen LogP contribution in [0.5, 0.6) is 5.75 Å². The Labute approximate surface area is 130 Å². The van der Waals surface area contributed by atoms with Crippen molar-refractivity contribution in [1.82, 2.24) is 4.90 Å². The Balaban J connectivity index is 2.38. The molecular weight excluding hydrogens is 315 g/mol. The maximum atomic E-state index is 12.7. The number of rotatable bonds is 4. The summed E-state index contributed by atoms with van der Waals surface area (Å²) in [5, 5.41) is 8.91. The summed E-state index contributed by atoms with van der Waals surface area (Å²) in [4.78, 5) is 23.9. The fraction of sp³-hybridized carbons (Fsp3) is 0.467. The van der Waals surface area contributed by atoms with Crippen LogP contribution in [-0.2, 0) is 22.6 Å². The van der Waals surface area contributed by atoms with Crippen molar-refractivity contribution < 1.29 is 32.6 Å². The maximum absolute atomic E-state index is 12.7. The number of benzene rings is 1. The van der Waals surface area contributed by atoms with Gasteiger partial charge in [0, 0.05) is 6.54 Å². The molecule has 1 N–H and O–H groups in total. The van der Waals surface area contributed by atoms with Crippen LogP contribution in [0.4, 0.5) is 13.2 Å². The second-order valence-electron chi connectivity index (χ2n) is 5.44. The van der Waals surface area contributed by atoms with Gasteiger partial charge in [0.05, 0.1) is 19.4 Å². The molecule has 0 saturated carbocycles. The molecule has 0 aromatic heterocycles. The van der Waals surface area contributed by atoms with E-state index in [9.17, 15) is 22.8 Å². The van der Waals surface area contributed by atoms with Gasteiger partial charge in [0.25, 0.3) is 0 Å². The van der Waals surface area contributed by atoms with Gasteiger partial charge in [-0.1, -0.05) is 6.07 Å². The van der Waals surface area contributed by atoms with E-state index in [0.29, 0.717) is 21.8 Å². The molecule has 8 heteroatoms. The minimum atomic E-state index is -4.55. The number of fused-ring (bicyclic) bond motifs is 1. The summed E-state index contributed by atoms with van der Waals surface area (Å²) in [6.07, 6.45) is -4.95. The molecule has 1 aromatic rings. The van der Waals surface area contributed by atoms with Crippen molar-refractivity contribution in [2.75, 3.05) is 13.7 Å². The fourth-order valence-electron chi connectivity index (χ4n) is 2.69. The zero-order chi connectivity index (χ0) is 17.2. The predicted octanol–water partition coefficient (Wildman–Crippen LogP) is 2.23. The van der Waals surface area contributed by atoms with Crippen LogP contribution in [0.1, 0.15) is 17.5 Å². The lowest BCUT2D eigenvalue weighted by Crippen LogP contribution is -2.41. The van der Waals surface area contributed by atoms with E-state index in [1.54, 1.807) is 18.2 Å². The fourth-order valence-corrected chi connectivity index (χ4v) is 2.69. The van der Waals surface area contributed by atoms with Gasteiger partial charge in [0.1, 0.15) is 12.3 Å². The van der Waals surface area contributed by atoms with E-state index in [4.69, 9.17) is 9.84 Å². The van der Waals surface area contributed by atoms with Gasteiger partial charge in [-0.15, -0.1) is 0 Å². The summed E-state index contributed by atoms with van der Waals surface area (Å²) in [5.74, 6) is -2.54. The van der Waals surface area contributed by atoms with Gasteiger partial charge in [-0.2, -0.15) is 13.2 Å². The second kappa shape index (κ2) is 6.47. The van der Waals surface area contributed by atoms with E-state index < -0.39 is 36.9 Å². The number of carboxylic acids is 1. The van der Waals surface area contributed by atoms with E-state index in [2.05, 4.69) is 0 Å². The summed E-state index contributed by atoms with van der Waals surface area (Å²) in [7, 11) is 1.43. The third-order valence-corrected chi connectivity index (χ3v) is 3.69. The topological polar surface area (TPSA) is 66.8 Å². The average Bonchev–Trinajstić information content (AvgIpc) is 2.55. The Kier molecular flexibility index (Phi) is 4.82. The summed E-state index contributed by atoms with van der Waals surface area (Å²) < 4.78 is 43.2. The first-order valence-electron chi connectivity index (χ1n) is 6.92. The largest absolute Gasteiger partial charge is 0.497 e. The van der Waals surface area contributed by atoms with E-state index in [1.165, 1.54) is 7.11 Å². The Morgan fingerprint density at radius 1 is 1.39 bits per heavy atom. The third-order valence-electron chi connectivity index (χ3n) is 3.69. The minimum Gasteiger partial charge on any atom is -0.497 e. The SMILES string of the molecule is COc1ccc2c(c1)CN(CC(F)(F)F)C(=O)C(CC(=O)O)C2. The van der Waals surface area contributed by atoms with Gasteiger partial charge in [-0.25, -0.2) is 0 Å². The van der Waals surface area contributed by atoms with Crippen molar-refractivity contribution in [3.8, 4) is 5.75 Å². The molecule has 1 amide bonds. The monoisotopic (exact) mass is 331 g/mol. The molecular formula is C15H16F3NO4. The van der Waals surface area contributed by atoms with E-state index >= 15 is 0 Å². The van der Waals surface area contributed by atoms with Crippen molar-refractivity contribution in [2.45, 2.75) is 25.6 Å². The van der Waals surface area contributed by atoms with Crippen LogP contribution in [0, 0.1) is 5.92 Å². The number of carboxylic acid groups (broad SMARTS) is 1. The highest BCUT2D eigenvalue weighted by Crippen LogP contribution is 2.30. The lowest BCUT2D eigenvalue weighted by atomic mass is 9.94. The molecule has 23 heavy (non-hydrogen) atoms. The van der Waals surface area contributed by atoms with Crippen LogP contribution in [0.25, 0.3) is 0 Å². The van der Waals surface area contributed by atoms with Gasteiger partial charge < -0.3 is 14.7 Å². The molecule has 1 heterocycles. The molecule has 0 saturated heterocycles. The molecule has 0 radical (unpaired) electrons. The number of alkyl halides is 3. The van der Waals surface area contributed by atoms with Crippen molar-refractivity contribution in [2.24, 2.45) is 5.92 Å². The number of aliphatic carboxylic acids is 1. The van der Waals surface area contributed by atoms with E-state index in [0.717, 1.165) is 0 Å². The lowest BCUT2D eigenvalue weighted by Gasteiger charge is -2.25. The minimum absolute atomic E-state index is 0.0960. The van der Waals surface area contributed by atoms with Gasteiger partial charge in [-0.3, -0.25) is 9.59 Å². The van der Waals surface area contributed by atoms with Crippen molar-refractivity contribution in [1.29, 1.82) is 0 Å². The Morgan fingerprint density at radius 3 is 2.65 bits per heavy atom. The normalized spacial score (nSPS) is 18.3. The predicted molar refractivity (Wildman–Crippen MR) is 73.9 cm³/mol. The second-order valence-corrected chi connectivity index (χ2v) is 5.44. The first-order chi connectivity index (χ1) is 10.7. The number of hydrogen-bond acceptors (Lipinski definition) is 3. The zero-order valence-electron chi connectivity index (χ0n) is 12.4. The highest BCUT2D eigenvalue weighted by Gasteiger charge is 2.38. The van der Waals surface area contributed by atoms with E-state index in [-0.39, 0.29) is 13.0 Å². The Bertz CT molecular complexity index is 615. The van der Waals surface area contributed by atoms with Crippen LogP contribution >= 0.6 is 0 Å². The van der Waals surface area contributed by atoms with Gasteiger partial charge in [0.15, 0.2) is 0 Å². The van der Waals surface area contributed by atoms with Crippen LogP contribution in [-0.4, -0.2) is 41.7 Å². The molecule has 1 atom stereocenters.